The van der Waals surface area contributed by atoms with Gasteiger partial charge < -0.3 is 15.5 Å². The number of amides is 1. The van der Waals surface area contributed by atoms with Crippen LogP contribution in [0.5, 0.6) is 0 Å². The maximum atomic E-state index is 11.9. The average Bonchev–Trinajstić information content (AvgIpc) is 2.84. The third kappa shape index (κ3) is 2.42. The van der Waals surface area contributed by atoms with Gasteiger partial charge in [0.25, 0.3) is 0 Å². The molecule has 2 aromatic carbocycles. The van der Waals surface area contributed by atoms with Crippen molar-refractivity contribution in [2.45, 2.75) is 4.75 Å². The van der Waals surface area contributed by atoms with Crippen LogP contribution in [0.1, 0.15) is 0 Å². The van der Waals surface area contributed by atoms with Gasteiger partial charge in [-0.1, -0.05) is 48.2 Å². The fourth-order valence-corrected chi connectivity index (χ4v) is 3.12. The van der Waals surface area contributed by atoms with E-state index in [9.17, 15) is 15.0 Å². The van der Waals surface area contributed by atoms with Gasteiger partial charge in [0.2, 0.25) is 5.91 Å². The lowest BCUT2D eigenvalue weighted by molar-refractivity contribution is -0.123. The zero-order valence-electron chi connectivity index (χ0n) is 11.1. The van der Waals surface area contributed by atoms with E-state index in [2.05, 4.69) is 10.3 Å². The van der Waals surface area contributed by atoms with Gasteiger partial charge in [0.05, 0.1) is 18.9 Å². The molecule has 0 bridgehead atoms. The highest BCUT2D eigenvalue weighted by Gasteiger charge is 2.46. The molecule has 5 nitrogen and oxygen atoms in total. The predicted octanol–water partition coefficient (Wildman–Crippen LogP) is 1.41. The molecule has 21 heavy (non-hydrogen) atoms. The number of carbonyl (C=O) groups excluding carboxylic acids is 1. The first-order valence-corrected chi connectivity index (χ1v) is 7.29. The Morgan fingerprint density at radius 3 is 2.52 bits per heavy atom. The molecular weight excluding hydrogens is 288 g/mol. The lowest BCUT2D eigenvalue weighted by Gasteiger charge is -2.17. The minimum atomic E-state index is -1.25. The largest absolute Gasteiger partial charge is 0.394 e. The highest BCUT2D eigenvalue weighted by Crippen LogP contribution is 2.34. The molecule has 1 aliphatic heterocycles. The van der Waals surface area contributed by atoms with Crippen LogP contribution in [0.15, 0.2) is 47.5 Å². The first-order valence-electron chi connectivity index (χ1n) is 6.47. The number of hydrogen-bond acceptors (Lipinski definition) is 5. The number of nitrogens with zero attached hydrogens (tertiary/aromatic N) is 1. The molecule has 0 aliphatic carbocycles. The van der Waals surface area contributed by atoms with Gasteiger partial charge in [-0.2, -0.15) is 0 Å². The number of benzene rings is 2. The van der Waals surface area contributed by atoms with Crippen molar-refractivity contribution in [3.63, 3.8) is 0 Å². The Labute approximate surface area is 125 Å². The van der Waals surface area contributed by atoms with Gasteiger partial charge in [0.1, 0.15) is 4.75 Å². The van der Waals surface area contributed by atoms with E-state index in [1.54, 1.807) is 0 Å². The van der Waals surface area contributed by atoms with Gasteiger partial charge >= 0.3 is 0 Å². The molecule has 3 rings (SSSR count). The molecule has 1 saturated heterocycles. The highest BCUT2D eigenvalue weighted by molar-refractivity contribution is 8.16. The van der Waals surface area contributed by atoms with Gasteiger partial charge in [-0.15, -0.1) is 0 Å². The van der Waals surface area contributed by atoms with Gasteiger partial charge in [0.15, 0.2) is 5.17 Å². The Hall–Kier alpha value is -1.89. The summed E-state index contributed by atoms with van der Waals surface area (Å²) in [4.78, 5) is 16.3. The molecule has 0 aromatic heterocycles. The van der Waals surface area contributed by atoms with Crippen molar-refractivity contribution in [1.29, 1.82) is 0 Å². The molecule has 1 fully saturated rings. The molecule has 0 spiro atoms. The number of thioether (sulfide) groups is 1. The molecule has 2 aromatic rings. The van der Waals surface area contributed by atoms with E-state index in [1.807, 2.05) is 42.5 Å². The number of aliphatic imine (C=N–C) groups is 1. The number of hydrogen-bond donors (Lipinski definition) is 3. The summed E-state index contributed by atoms with van der Waals surface area (Å²) in [5.74, 6) is -0.420. The number of carbonyl (C=O) groups is 1. The Morgan fingerprint density at radius 2 is 1.81 bits per heavy atom. The average molecular weight is 302 g/mol. The van der Waals surface area contributed by atoms with Crippen LogP contribution in [-0.4, -0.2) is 39.2 Å². The Balaban J connectivity index is 2.01. The van der Waals surface area contributed by atoms with Gasteiger partial charge in [-0.3, -0.25) is 4.79 Å². The lowest BCUT2D eigenvalue weighted by atomic mass is 10.1. The first-order chi connectivity index (χ1) is 10.2. The Bertz CT molecular complexity index is 720. The number of nitrogens with one attached hydrogen (secondary N) is 1. The second-order valence-electron chi connectivity index (χ2n) is 4.78. The molecule has 3 N–H and O–H groups in total. The molecule has 108 valence electrons. The maximum absolute atomic E-state index is 11.9. The monoisotopic (exact) mass is 302 g/mol. The summed E-state index contributed by atoms with van der Waals surface area (Å²) in [6.45, 7) is -0.872. The van der Waals surface area contributed by atoms with Crippen molar-refractivity contribution in [3.8, 4) is 0 Å². The highest BCUT2D eigenvalue weighted by atomic mass is 32.2. The minimum Gasteiger partial charge on any atom is -0.394 e. The third-order valence-electron chi connectivity index (χ3n) is 3.43. The van der Waals surface area contributed by atoms with Crippen LogP contribution in [0, 0.1) is 0 Å². The fourth-order valence-electron chi connectivity index (χ4n) is 2.19. The van der Waals surface area contributed by atoms with Crippen molar-refractivity contribution >= 4 is 39.3 Å². The van der Waals surface area contributed by atoms with Crippen LogP contribution in [0.2, 0.25) is 0 Å². The molecular formula is C15H14N2O3S. The van der Waals surface area contributed by atoms with Crippen LogP contribution >= 0.6 is 11.8 Å². The number of fused-ring (bicyclic) bond motifs is 1. The van der Waals surface area contributed by atoms with Crippen molar-refractivity contribution in [1.82, 2.24) is 5.32 Å². The molecule has 1 amide bonds. The zero-order chi connectivity index (χ0) is 14.9. The molecule has 0 radical (unpaired) electrons. The van der Waals surface area contributed by atoms with E-state index in [1.165, 1.54) is 0 Å². The van der Waals surface area contributed by atoms with Gasteiger partial charge in [-0.05, 0) is 11.5 Å². The maximum Gasteiger partial charge on any atom is 0.247 e. The van der Waals surface area contributed by atoms with E-state index in [0.29, 0.717) is 5.17 Å². The van der Waals surface area contributed by atoms with Crippen LogP contribution < -0.4 is 5.32 Å². The van der Waals surface area contributed by atoms with E-state index in [-0.39, 0.29) is 0 Å². The quantitative estimate of drug-likeness (QED) is 0.801. The third-order valence-corrected chi connectivity index (χ3v) is 4.65. The lowest BCUT2D eigenvalue weighted by Crippen LogP contribution is -2.43. The predicted molar refractivity (Wildman–Crippen MR) is 83.7 cm³/mol. The summed E-state index contributed by atoms with van der Waals surface area (Å²) in [5, 5.41) is 23.7. The second-order valence-corrected chi connectivity index (χ2v) is 6.15. The van der Waals surface area contributed by atoms with E-state index in [4.69, 9.17) is 0 Å². The topological polar surface area (TPSA) is 81.9 Å². The second kappa shape index (κ2) is 5.48. The number of amidine groups is 1. The van der Waals surface area contributed by atoms with Crippen LogP contribution in [0.3, 0.4) is 0 Å². The summed E-state index contributed by atoms with van der Waals surface area (Å²) < 4.78 is -1.25. The summed E-state index contributed by atoms with van der Waals surface area (Å²) in [6.07, 6.45) is 0. The van der Waals surface area contributed by atoms with Crippen LogP contribution in [-0.2, 0) is 4.79 Å². The van der Waals surface area contributed by atoms with Gasteiger partial charge in [-0.25, -0.2) is 4.99 Å². The number of rotatable bonds is 3. The number of aliphatic hydroxyl groups excluding tert-OH is 2. The fraction of sp³-hybridized carbons (Fsp3) is 0.200. The molecule has 0 atom stereocenters. The van der Waals surface area contributed by atoms with Crippen LogP contribution in [0.4, 0.5) is 5.69 Å². The molecule has 0 saturated carbocycles. The first kappa shape index (κ1) is 14.1. The SMILES string of the molecule is O=C1NC(=Nc2cccc3ccccc23)SC1(CO)CO. The standard InChI is InChI=1S/C15H14N2O3S/c18-8-15(9-19)13(20)17-14(21-15)16-12-7-3-5-10-4-1-2-6-11(10)12/h1-7,18-19H,8-9H2,(H,16,17,20). The van der Waals surface area contributed by atoms with Crippen LogP contribution in [0.25, 0.3) is 10.8 Å². The van der Waals surface area contributed by atoms with Crippen molar-refractivity contribution in [2.24, 2.45) is 4.99 Å². The van der Waals surface area contributed by atoms with E-state index < -0.39 is 23.9 Å². The summed E-state index contributed by atoms with van der Waals surface area (Å²) in [5.41, 5.74) is 0.738. The zero-order valence-corrected chi connectivity index (χ0v) is 11.9. The smallest absolute Gasteiger partial charge is 0.247 e. The summed E-state index contributed by atoms with van der Waals surface area (Å²) in [6, 6.07) is 13.6. The Kier molecular flexibility index (Phi) is 3.67. The molecule has 6 heteroatoms. The normalized spacial score (nSPS) is 19.1. The summed E-state index contributed by atoms with van der Waals surface area (Å²) >= 11 is 1.06. The Morgan fingerprint density at radius 1 is 1.10 bits per heavy atom. The molecule has 0 unspecified atom stereocenters. The minimum absolute atomic E-state index is 0.388. The molecule has 1 heterocycles. The van der Waals surface area contributed by atoms with Gasteiger partial charge in [0, 0.05) is 5.39 Å². The van der Waals surface area contributed by atoms with Crippen molar-refractivity contribution < 1.29 is 15.0 Å². The van der Waals surface area contributed by atoms with E-state index in [0.717, 1.165) is 28.2 Å². The number of aliphatic hydroxyl groups is 2. The van der Waals surface area contributed by atoms with Crippen molar-refractivity contribution in [2.75, 3.05) is 13.2 Å². The summed E-state index contributed by atoms with van der Waals surface area (Å²) in [7, 11) is 0. The molecule has 1 aliphatic rings. The van der Waals surface area contributed by atoms with Crippen molar-refractivity contribution in [3.05, 3.63) is 42.5 Å². The van der Waals surface area contributed by atoms with E-state index >= 15 is 0 Å².